The summed E-state index contributed by atoms with van der Waals surface area (Å²) in [5, 5.41) is 0. The monoisotopic (exact) mass is 296 g/mol. The summed E-state index contributed by atoms with van der Waals surface area (Å²) in [5.74, 6) is 0.925. The van der Waals surface area contributed by atoms with Crippen LogP contribution in [0.25, 0.3) is 0 Å². The molecule has 1 aromatic carbocycles. The maximum absolute atomic E-state index is 14.4. The standard InChI is InChI=1S/C16H25FN2S/c1-4-13(18)10-12-6-5-7-14(17)15(12)19-8-9-20-16(2,3)11-19/h5-7,13H,4,8-11,18H2,1-3H3. The Balaban J connectivity index is 2.29. The second-order valence-electron chi connectivity index (χ2n) is 6.15. The van der Waals surface area contributed by atoms with Gasteiger partial charge in [-0.05, 0) is 38.3 Å². The van der Waals surface area contributed by atoms with Crippen LogP contribution in [0.3, 0.4) is 0 Å². The molecule has 2 nitrogen and oxygen atoms in total. The minimum absolute atomic E-state index is 0.0997. The summed E-state index contributed by atoms with van der Waals surface area (Å²) in [6.45, 7) is 8.31. The van der Waals surface area contributed by atoms with Crippen molar-refractivity contribution in [2.24, 2.45) is 5.73 Å². The zero-order chi connectivity index (χ0) is 14.8. The molecule has 0 aliphatic carbocycles. The largest absolute Gasteiger partial charge is 0.367 e. The van der Waals surface area contributed by atoms with Gasteiger partial charge in [0.2, 0.25) is 0 Å². The molecule has 112 valence electrons. The van der Waals surface area contributed by atoms with Crippen molar-refractivity contribution in [2.75, 3.05) is 23.7 Å². The van der Waals surface area contributed by atoms with E-state index in [0.717, 1.165) is 42.9 Å². The molecule has 1 heterocycles. The summed E-state index contributed by atoms with van der Waals surface area (Å²) < 4.78 is 14.5. The average Bonchev–Trinajstić information content (AvgIpc) is 2.37. The highest BCUT2D eigenvalue weighted by molar-refractivity contribution is 8.00. The number of nitrogens with zero attached hydrogens (tertiary/aromatic N) is 1. The van der Waals surface area contributed by atoms with Gasteiger partial charge in [-0.3, -0.25) is 0 Å². The van der Waals surface area contributed by atoms with E-state index in [4.69, 9.17) is 5.73 Å². The molecule has 0 radical (unpaired) electrons. The van der Waals surface area contributed by atoms with E-state index in [1.807, 2.05) is 17.8 Å². The lowest BCUT2D eigenvalue weighted by molar-refractivity contribution is 0.586. The number of benzene rings is 1. The van der Waals surface area contributed by atoms with E-state index >= 15 is 0 Å². The van der Waals surface area contributed by atoms with Crippen LogP contribution in [0.15, 0.2) is 18.2 Å². The van der Waals surface area contributed by atoms with Crippen molar-refractivity contribution in [3.8, 4) is 0 Å². The van der Waals surface area contributed by atoms with Crippen molar-refractivity contribution >= 4 is 17.4 Å². The Labute approximate surface area is 125 Å². The molecule has 0 bridgehead atoms. The van der Waals surface area contributed by atoms with Gasteiger partial charge in [0.05, 0.1) is 5.69 Å². The Kier molecular flexibility index (Phi) is 4.97. The third-order valence-corrected chi connectivity index (χ3v) is 5.12. The summed E-state index contributed by atoms with van der Waals surface area (Å²) in [5.41, 5.74) is 7.87. The SMILES string of the molecule is CCC(N)Cc1cccc(F)c1N1CCSC(C)(C)C1. The Morgan fingerprint density at radius 2 is 2.20 bits per heavy atom. The van der Waals surface area contributed by atoms with Gasteiger partial charge >= 0.3 is 0 Å². The van der Waals surface area contributed by atoms with Crippen molar-refractivity contribution in [1.29, 1.82) is 0 Å². The zero-order valence-electron chi connectivity index (χ0n) is 12.7. The van der Waals surface area contributed by atoms with E-state index in [1.54, 1.807) is 12.1 Å². The van der Waals surface area contributed by atoms with Gasteiger partial charge < -0.3 is 10.6 Å². The average molecular weight is 296 g/mol. The van der Waals surface area contributed by atoms with Crippen LogP contribution < -0.4 is 10.6 Å². The lowest BCUT2D eigenvalue weighted by atomic mass is 10.0. The first-order valence-corrected chi connectivity index (χ1v) is 8.33. The molecule has 1 aliphatic rings. The number of anilines is 1. The van der Waals surface area contributed by atoms with Crippen LogP contribution in [0.1, 0.15) is 32.8 Å². The Bertz CT molecular complexity index is 462. The number of para-hydroxylation sites is 1. The third-order valence-electron chi connectivity index (χ3n) is 3.82. The first-order chi connectivity index (χ1) is 9.43. The van der Waals surface area contributed by atoms with Gasteiger partial charge in [-0.2, -0.15) is 11.8 Å². The highest BCUT2D eigenvalue weighted by Gasteiger charge is 2.29. The second kappa shape index (κ2) is 6.35. The molecular weight excluding hydrogens is 271 g/mol. The summed E-state index contributed by atoms with van der Waals surface area (Å²) in [6, 6.07) is 5.47. The molecule has 1 saturated heterocycles. The van der Waals surface area contributed by atoms with Crippen LogP contribution in [0.4, 0.5) is 10.1 Å². The third kappa shape index (κ3) is 3.67. The molecule has 2 rings (SSSR count). The molecule has 1 unspecified atom stereocenters. The lowest BCUT2D eigenvalue weighted by Gasteiger charge is -2.40. The summed E-state index contributed by atoms with van der Waals surface area (Å²) in [4.78, 5) is 2.20. The molecule has 2 N–H and O–H groups in total. The first-order valence-electron chi connectivity index (χ1n) is 7.35. The van der Waals surface area contributed by atoms with E-state index in [1.165, 1.54) is 0 Å². The highest BCUT2D eigenvalue weighted by Crippen LogP contribution is 2.35. The minimum atomic E-state index is -0.117. The molecule has 0 spiro atoms. The maximum atomic E-state index is 14.4. The number of thioether (sulfide) groups is 1. The highest BCUT2D eigenvalue weighted by atomic mass is 32.2. The van der Waals surface area contributed by atoms with Crippen LogP contribution in [0.5, 0.6) is 0 Å². The first kappa shape index (κ1) is 15.6. The predicted molar refractivity (Wildman–Crippen MR) is 87.1 cm³/mol. The van der Waals surface area contributed by atoms with E-state index in [0.29, 0.717) is 0 Å². The van der Waals surface area contributed by atoms with Crippen molar-refractivity contribution < 1.29 is 4.39 Å². The Morgan fingerprint density at radius 1 is 1.45 bits per heavy atom. The molecule has 1 atom stereocenters. The van der Waals surface area contributed by atoms with Crippen LogP contribution in [-0.2, 0) is 6.42 Å². The van der Waals surface area contributed by atoms with Gasteiger partial charge in [0.1, 0.15) is 5.82 Å². The van der Waals surface area contributed by atoms with Gasteiger partial charge in [0, 0.05) is 29.6 Å². The summed E-state index contributed by atoms with van der Waals surface area (Å²) >= 11 is 1.96. The smallest absolute Gasteiger partial charge is 0.146 e. The van der Waals surface area contributed by atoms with Gasteiger partial charge in [-0.1, -0.05) is 19.1 Å². The molecule has 0 aromatic heterocycles. The van der Waals surface area contributed by atoms with Crippen LogP contribution in [-0.4, -0.2) is 29.6 Å². The van der Waals surface area contributed by atoms with E-state index in [2.05, 4.69) is 25.7 Å². The summed E-state index contributed by atoms with van der Waals surface area (Å²) in [6.07, 6.45) is 1.66. The number of rotatable bonds is 4. The second-order valence-corrected chi connectivity index (χ2v) is 7.95. The number of nitrogens with two attached hydrogens (primary N) is 1. The number of hydrogen-bond acceptors (Lipinski definition) is 3. The van der Waals surface area contributed by atoms with Gasteiger partial charge in [0.25, 0.3) is 0 Å². The molecule has 1 aromatic rings. The molecule has 1 fully saturated rings. The van der Waals surface area contributed by atoms with Crippen LogP contribution >= 0.6 is 11.8 Å². The number of halogens is 1. The van der Waals surface area contributed by atoms with Crippen molar-refractivity contribution in [1.82, 2.24) is 0 Å². The van der Waals surface area contributed by atoms with Crippen molar-refractivity contribution in [3.63, 3.8) is 0 Å². The molecular formula is C16H25FN2S. The van der Waals surface area contributed by atoms with Gasteiger partial charge in [-0.25, -0.2) is 4.39 Å². The topological polar surface area (TPSA) is 29.3 Å². The fraction of sp³-hybridized carbons (Fsp3) is 0.625. The zero-order valence-corrected chi connectivity index (χ0v) is 13.5. The van der Waals surface area contributed by atoms with Gasteiger partial charge in [0.15, 0.2) is 0 Å². The van der Waals surface area contributed by atoms with E-state index in [9.17, 15) is 4.39 Å². The maximum Gasteiger partial charge on any atom is 0.146 e. The quantitative estimate of drug-likeness (QED) is 0.923. The summed E-state index contributed by atoms with van der Waals surface area (Å²) in [7, 11) is 0. The molecule has 20 heavy (non-hydrogen) atoms. The normalized spacial score (nSPS) is 19.9. The van der Waals surface area contributed by atoms with Gasteiger partial charge in [-0.15, -0.1) is 0 Å². The Morgan fingerprint density at radius 3 is 2.85 bits per heavy atom. The minimum Gasteiger partial charge on any atom is -0.367 e. The van der Waals surface area contributed by atoms with E-state index in [-0.39, 0.29) is 16.6 Å². The molecule has 4 heteroatoms. The van der Waals surface area contributed by atoms with Crippen molar-refractivity contribution in [2.45, 2.75) is 44.4 Å². The molecule has 1 aliphatic heterocycles. The van der Waals surface area contributed by atoms with Crippen LogP contribution in [0, 0.1) is 5.82 Å². The predicted octanol–water partition coefficient (Wildman–Crippen LogP) is 3.44. The fourth-order valence-corrected chi connectivity index (χ4v) is 3.82. The lowest BCUT2D eigenvalue weighted by Crippen LogP contribution is -2.44. The number of hydrogen-bond donors (Lipinski definition) is 1. The van der Waals surface area contributed by atoms with Crippen LogP contribution in [0.2, 0.25) is 0 Å². The molecule has 0 amide bonds. The molecule has 0 saturated carbocycles. The van der Waals surface area contributed by atoms with E-state index < -0.39 is 0 Å². The fourth-order valence-electron chi connectivity index (χ4n) is 2.71. The Hall–Kier alpha value is -0.740. The van der Waals surface area contributed by atoms with Crippen molar-refractivity contribution in [3.05, 3.63) is 29.6 Å².